The van der Waals surface area contributed by atoms with Gasteiger partial charge in [-0.05, 0) is 24.7 Å². The Balaban J connectivity index is 2.77. The van der Waals surface area contributed by atoms with Crippen LogP contribution < -0.4 is 0 Å². The summed E-state index contributed by atoms with van der Waals surface area (Å²) in [6, 6.07) is 0. The zero-order valence-corrected chi connectivity index (χ0v) is 9.16. The number of sulfone groups is 1. The maximum atomic E-state index is 11.4. The first-order chi connectivity index (χ1) is 5.16. The van der Waals surface area contributed by atoms with Gasteiger partial charge in [0.1, 0.15) is 0 Å². The highest BCUT2D eigenvalue weighted by Crippen LogP contribution is 2.50. The lowest BCUT2D eigenvalue weighted by atomic mass is 9.89. The molecule has 1 aliphatic rings. The van der Waals surface area contributed by atoms with Crippen molar-refractivity contribution in [3.05, 3.63) is 0 Å². The first-order valence-electron chi connectivity index (χ1n) is 4.36. The van der Waals surface area contributed by atoms with Crippen molar-refractivity contribution in [3.8, 4) is 0 Å². The summed E-state index contributed by atoms with van der Waals surface area (Å²) in [6.45, 7) is 6.29. The lowest BCUT2D eigenvalue weighted by molar-refractivity contribution is 0.359. The van der Waals surface area contributed by atoms with Gasteiger partial charge < -0.3 is 0 Å². The van der Waals surface area contributed by atoms with Gasteiger partial charge in [0.2, 0.25) is 0 Å². The lowest BCUT2D eigenvalue weighted by Crippen LogP contribution is -2.27. The van der Waals surface area contributed by atoms with Crippen molar-refractivity contribution in [2.45, 2.75) is 44.8 Å². The van der Waals surface area contributed by atoms with Crippen molar-refractivity contribution in [2.75, 3.05) is 6.26 Å². The van der Waals surface area contributed by atoms with E-state index in [0.717, 1.165) is 19.3 Å². The second-order valence-corrected chi connectivity index (χ2v) is 7.60. The minimum Gasteiger partial charge on any atom is -0.229 e. The standard InChI is InChI=1S/C9H18O2S/c1-8(2,3)7-9(5-6-9)12(4,10)11/h5-7H2,1-4H3. The molecule has 0 aromatic carbocycles. The van der Waals surface area contributed by atoms with Crippen LogP contribution in [0.1, 0.15) is 40.0 Å². The van der Waals surface area contributed by atoms with E-state index in [-0.39, 0.29) is 10.2 Å². The van der Waals surface area contributed by atoms with Gasteiger partial charge in [-0.2, -0.15) is 0 Å². The van der Waals surface area contributed by atoms with E-state index in [9.17, 15) is 8.42 Å². The molecule has 2 nitrogen and oxygen atoms in total. The van der Waals surface area contributed by atoms with Crippen LogP contribution in [0, 0.1) is 5.41 Å². The summed E-state index contributed by atoms with van der Waals surface area (Å²) in [5, 5.41) is 0. The highest BCUT2D eigenvalue weighted by Gasteiger charge is 2.53. The molecule has 0 aromatic heterocycles. The van der Waals surface area contributed by atoms with E-state index in [1.807, 2.05) is 0 Å². The Bertz CT molecular complexity index is 265. The first-order valence-corrected chi connectivity index (χ1v) is 6.25. The van der Waals surface area contributed by atoms with E-state index >= 15 is 0 Å². The molecular weight excluding hydrogens is 172 g/mol. The number of hydrogen-bond acceptors (Lipinski definition) is 2. The second-order valence-electron chi connectivity index (χ2n) is 5.19. The molecule has 1 rings (SSSR count). The van der Waals surface area contributed by atoms with Crippen LogP contribution >= 0.6 is 0 Å². The van der Waals surface area contributed by atoms with Crippen molar-refractivity contribution in [1.29, 1.82) is 0 Å². The molecule has 72 valence electrons. The molecule has 0 unspecified atom stereocenters. The van der Waals surface area contributed by atoms with E-state index in [2.05, 4.69) is 20.8 Å². The Hall–Kier alpha value is -0.0500. The molecule has 0 N–H and O–H groups in total. The average molecular weight is 190 g/mol. The largest absolute Gasteiger partial charge is 0.229 e. The topological polar surface area (TPSA) is 34.1 Å². The minimum atomic E-state index is -2.82. The van der Waals surface area contributed by atoms with Crippen molar-refractivity contribution in [1.82, 2.24) is 0 Å². The van der Waals surface area contributed by atoms with Gasteiger partial charge in [-0.25, -0.2) is 8.42 Å². The fraction of sp³-hybridized carbons (Fsp3) is 1.00. The Morgan fingerprint density at radius 3 is 1.75 bits per heavy atom. The summed E-state index contributed by atoms with van der Waals surface area (Å²) >= 11 is 0. The fourth-order valence-corrected chi connectivity index (χ4v) is 3.32. The molecule has 1 saturated carbocycles. The molecule has 0 bridgehead atoms. The van der Waals surface area contributed by atoms with Crippen LogP contribution in [0.15, 0.2) is 0 Å². The van der Waals surface area contributed by atoms with Gasteiger partial charge in [-0.3, -0.25) is 0 Å². The molecule has 0 aromatic rings. The van der Waals surface area contributed by atoms with E-state index < -0.39 is 9.84 Å². The van der Waals surface area contributed by atoms with Gasteiger partial charge >= 0.3 is 0 Å². The van der Waals surface area contributed by atoms with Gasteiger partial charge in [0.05, 0.1) is 4.75 Å². The zero-order valence-electron chi connectivity index (χ0n) is 8.35. The molecule has 12 heavy (non-hydrogen) atoms. The van der Waals surface area contributed by atoms with E-state index in [4.69, 9.17) is 0 Å². The summed E-state index contributed by atoms with van der Waals surface area (Å²) in [5.41, 5.74) is 0.125. The van der Waals surface area contributed by atoms with Crippen LogP contribution in [0.25, 0.3) is 0 Å². The molecule has 0 heterocycles. The summed E-state index contributed by atoms with van der Waals surface area (Å²) in [6.07, 6.45) is 3.90. The van der Waals surface area contributed by atoms with Gasteiger partial charge in [0, 0.05) is 6.26 Å². The third-order valence-corrected chi connectivity index (χ3v) is 4.57. The van der Waals surface area contributed by atoms with Crippen LogP contribution in [0.2, 0.25) is 0 Å². The van der Waals surface area contributed by atoms with Crippen LogP contribution in [-0.4, -0.2) is 19.4 Å². The molecule has 0 saturated heterocycles. The van der Waals surface area contributed by atoms with Crippen molar-refractivity contribution in [2.24, 2.45) is 5.41 Å². The van der Waals surface area contributed by atoms with E-state index in [1.165, 1.54) is 6.26 Å². The highest BCUT2D eigenvalue weighted by molar-refractivity contribution is 7.92. The SMILES string of the molecule is CC(C)(C)CC1(S(C)(=O)=O)CC1. The molecule has 0 aliphatic heterocycles. The van der Waals surface area contributed by atoms with Gasteiger partial charge in [-0.15, -0.1) is 0 Å². The van der Waals surface area contributed by atoms with Crippen molar-refractivity contribution < 1.29 is 8.42 Å². The minimum absolute atomic E-state index is 0.125. The third-order valence-electron chi connectivity index (χ3n) is 2.45. The Morgan fingerprint density at radius 1 is 1.25 bits per heavy atom. The Kier molecular flexibility index (Phi) is 2.07. The van der Waals surface area contributed by atoms with Crippen molar-refractivity contribution >= 4 is 9.84 Å². The lowest BCUT2D eigenvalue weighted by Gasteiger charge is -2.24. The zero-order chi connectivity index (χ0) is 9.62. The smallest absolute Gasteiger partial charge is 0.153 e. The predicted octanol–water partition coefficient (Wildman–Crippen LogP) is 2.00. The number of hydrogen-bond donors (Lipinski definition) is 0. The summed E-state index contributed by atoms with van der Waals surface area (Å²) in [7, 11) is -2.82. The van der Waals surface area contributed by atoms with Crippen molar-refractivity contribution in [3.63, 3.8) is 0 Å². The monoisotopic (exact) mass is 190 g/mol. The summed E-state index contributed by atoms with van der Waals surface area (Å²) in [4.78, 5) is 0. The van der Waals surface area contributed by atoms with E-state index in [1.54, 1.807) is 0 Å². The molecule has 1 fully saturated rings. The van der Waals surface area contributed by atoms with E-state index in [0.29, 0.717) is 0 Å². The molecular formula is C9H18O2S. The van der Waals surface area contributed by atoms with Crippen LogP contribution in [0.5, 0.6) is 0 Å². The molecule has 1 aliphatic carbocycles. The molecule has 0 radical (unpaired) electrons. The molecule has 0 atom stereocenters. The maximum Gasteiger partial charge on any atom is 0.153 e. The Morgan fingerprint density at radius 2 is 1.67 bits per heavy atom. The van der Waals surface area contributed by atoms with Gasteiger partial charge in [0.15, 0.2) is 9.84 Å². The van der Waals surface area contributed by atoms with Gasteiger partial charge in [0.25, 0.3) is 0 Å². The second kappa shape index (κ2) is 2.47. The van der Waals surface area contributed by atoms with Crippen LogP contribution in [0.4, 0.5) is 0 Å². The fourth-order valence-electron chi connectivity index (χ4n) is 1.78. The Labute approximate surface area is 75.3 Å². The quantitative estimate of drug-likeness (QED) is 0.667. The maximum absolute atomic E-state index is 11.4. The molecule has 3 heteroatoms. The van der Waals surface area contributed by atoms with Crippen LogP contribution in [0.3, 0.4) is 0 Å². The molecule has 0 amide bonds. The predicted molar refractivity (Wildman–Crippen MR) is 50.9 cm³/mol. The first kappa shape index (κ1) is 10.0. The number of rotatable bonds is 2. The third kappa shape index (κ3) is 2.00. The summed E-state index contributed by atoms with van der Waals surface area (Å²) < 4.78 is 22.4. The van der Waals surface area contributed by atoms with Crippen LogP contribution in [-0.2, 0) is 9.84 Å². The summed E-state index contributed by atoms with van der Waals surface area (Å²) in [5.74, 6) is 0. The average Bonchev–Trinajstić information content (AvgIpc) is 2.39. The normalized spacial score (nSPS) is 22.3. The highest BCUT2D eigenvalue weighted by atomic mass is 32.2. The molecule has 0 spiro atoms. The van der Waals surface area contributed by atoms with Gasteiger partial charge in [-0.1, -0.05) is 20.8 Å².